The topological polar surface area (TPSA) is 67.6 Å². The molecule has 0 unspecified atom stereocenters. The fourth-order valence-electron chi connectivity index (χ4n) is 3.97. The maximum absolute atomic E-state index is 6.06. The van der Waals surface area contributed by atoms with Gasteiger partial charge in [-0.1, -0.05) is 23.7 Å². The Labute approximate surface area is 158 Å². The molecule has 26 heavy (non-hydrogen) atoms. The maximum Gasteiger partial charge on any atom is 0.100 e. The van der Waals surface area contributed by atoms with Crippen molar-refractivity contribution in [1.82, 2.24) is 15.2 Å². The summed E-state index contributed by atoms with van der Waals surface area (Å²) in [5.74, 6) is 1.16. The lowest BCUT2D eigenvalue weighted by Crippen LogP contribution is -2.21. The summed E-state index contributed by atoms with van der Waals surface area (Å²) in [4.78, 5) is 4.17. The molecule has 134 valence electrons. The van der Waals surface area contributed by atoms with Crippen molar-refractivity contribution in [3.8, 4) is 22.4 Å². The van der Waals surface area contributed by atoms with Gasteiger partial charge < -0.3 is 5.73 Å². The summed E-state index contributed by atoms with van der Waals surface area (Å²) in [6.45, 7) is 0.795. The monoisotopic (exact) mass is 366 g/mol. The number of nitrogens with one attached hydrogen (secondary N) is 1. The summed E-state index contributed by atoms with van der Waals surface area (Å²) in [5, 5.41) is 8.78. The molecule has 0 amide bonds. The molecule has 1 aliphatic carbocycles. The van der Waals surface area contributed by atoms with Crippen LogP contribution in [0.5, 0.6) is 0 Å². The van der Waals surface area contributed by atoms with Gasteiger partial charge >= 0.3 is 0 Å². The number of pyridine rings is 1. The molecule has 4 rings (SSSR count). The van der Waals surface area contributed by atoms with Crippen LogP contribution >= 0.6 is 11.6 Å². The Morgan fingerprint density at radius 1 is 0.962 bits per heavy atom. The number of aromatic amines is 1. The zero-order valence-electron chi connectivity index (χ0n) is 14.7. The number of rotatable bonds is 4. The Hall–Kier alpha value is -2.17. The highest BCUT2D eigenvalue weighted by Crippen LogP contribution is 2.42. The van der Waals surface area contributed by atoms with E-state index in [0.717, 1.165) is 41.2 Å². The molecule has 0 radical (unpaired) electrons. The average molecular weight is 367 g/mol. The molecule has 2 heterocycles. The first kappa shape index (κ1) is 17.3. The van der Waals surface area contributed by atoms with Crippen LogP contribution in [0.1, 0.15) is 37.3 Å². The van der Waals surface area contributed by atoms with Gasteiger partial charge in [0.05, 0.1) is 0 Å². The van der Waals surface area contributed by atoms with Gasteiger partial charge in [0.1, 0.15) is 5.69 Å². The molecule has 3 aromatic rings. The predicted octanol–water partition coefficient (Wildman–Crippen LogP) is 5.02. The van der Waals surface area contributed by atoms with Gasteiger partial charge in [-0.15, -0.1) is 0 Å². The molecule has 5 heteroatoms. The van der Waals surface area contributed by atoms with E-state index in [2.05, 4.69) is 22.2 Å². The normalized spacial score (nSPS) is 20.2. The summed E-state index contributed by atoms with van der Waals surface area (Å²) in [6, 6.07) is 12.0. The van der Waals surface area contributed by atoms with Crippen LogP contribution in [0.15, 0.2) is 48.8 Å². The Bertz CT molecular complexity index is 849. The van der Waals surface area contributed by atoms with Crippen LogP contribution in [-0.2, 0) is 0 Å². The van der Waals surface area contributed by atoms with Gasteiger partial charge in [0.25, 0.3) is 0 Å². The molecule has 1 fully saturated rings. The van der Waals surface area contributed by atoms with Crippen molar-refractivity contribution < 1.29 is 0 Å². The van der Waals surface area contributed by atoms with E-state index in [1.807, 2.05) is 36.7 Å². The van der Waals surface area contributed by atoms with E-state index in [0.29, 0.717) is 11.8 Å². The zero-order chi connectivity index (χ0) is 17.9. The third-order valence-electron chi connectivity index (χ3n) is 5.47. The lowest BCUT2D eigenvalue weighted by Gasteiger charge is -2.27. The minimum Gasteiger partial charge on any atom is -0.330 e. The quantitative estimate of drug-likeness (QED) is 0.680. The molecule has 0 saturated heterocycles. The molecule has 1 aromatic carbocycles. The Balaban J connectivity index is 1.76. The molecule has 0 aliphatic heterocycles. The van der Waals surface area contributed by atoms with Crippen LogP contribution in [0.2, 0.25) is 5.02 Å². The highest BCUT2D eigenvalue weighted by Gasteiger charge is 2.27. The molecule has 0 atom stereocenters. The van der Waals surface area contributed by atoms with Crippen LogP contribution in [0.3, 0.4) is 0 Å². The molecule has 0 spiro atoms. The number of halogens is 1. The lowest BCUT2D eigenvalue weighted by molar-refractivity contribution is 0.329. The summed E-state index contributed by atoms with van der Waals surface area (Å²) in [5.41, 5.74) is 11.5. The number of H-pyrrole nitrogens is 1. The van der Waals surface area contributed by atoms with Crippen molar-refractivity contribution in [3.05, 3.63) is 59.5 Å². The lowest BCUT2D eigenvalue weighted by atomic mass is 9.79. The molecule has 1 aliphatic rings. The summed E-state index contributed by atoms with van der Waals surface area (Å²) >= 11 is 6.06. The van der Waals surface area contributed by atoms with E-state index >= 15 is 0 Å². The van der Waals surface area contributed by atoms with Crippen molar-refractivity contribution in [2.24, 2.45) is 11.7 Å². The first-order chi connectivity index (χ1) is 12.8. The van der Waals surface area contributed by atoms with Gasteiger partial charge in [-0.3, -0.25) is 10.1 Å². The van der Waals surface area contributed by atoms with Crippen LogP contribution in [0.4, 0.5) is 0 Å². The SMILES string of the molecule is NC[C@H]1CC[C@H](c2[nH]nc(-c3ccc(Cl)cc3)c2-c2ccncc2)CC1. The van der Waals surface area contributed by atoms with Crippen LogP contribution < -0.4 is 5.73 Å². The summed E-state index contributed by atoms with van der Waals surface area (Å²) < 4.78 is 0. The van der Waals surface area contributed by atoms with Crippen molar-refractivity contribution in [1.29, 1.82) is 0 Å². The minimum absolute atomic E-state index is 0.495. The Morgan fingerprint density at radius 2 is 1.65 bits per heavy atom. The van der Waals surface area contributed by atoms with E-state index in [9.17, 15) is 0 Å². The molecule has 1 saturated carbocycles. The first-order valence-corrected chi connectivity index (χ1v) is 9.58. The number of nitrogens with two attached hydrogens (primary N) is 1. The standard InChI is InChI=1S/C21H23ClN4/c22-18-7-5-17(6-8-18)21-19(15-9-11-24-12-10-15)20(25-26-21)16-3-1-14(13-23)2-4-16/h5-12,14,16H,1-4,13,23H2,(H,25,26)/t14-,16-. The number of hydrogen-bond acceptors (Lipinski definition) is 3. The minimum atomic E-state index is 0.495. The number of hydrogen-bond donors (Lipinski definition) is 2. The fourth-order valence-corrected chi connectivity index (χ4v) is 4.09. The third kappa shape index (κ3) is 3.39. The maximum atomic E-state index is 6.06. The van der Waals surface area contributed by atoms with Gasteiger partial charge in [0.2, 0.25) is 0 Å². The van der Waals surface area contributed by atoms with Crippen molar-refractivity contribution in [3.63, 3.8) is 0 Å². The highest BCUT2D eigenvalue weighted by molar-refractivity contribution is 6.30. The van der Waals surface area contributed by atoms with Crippen LogP contribution in [0, 0.1) is 5.92 Å². The van der Waals surface area contributed by atoms with E-state index in [1.54, 1.807) is 0 Å². The third-order valence-corrected chi connectivity index (χ3v) is 5.72. The van der Waals surface area contributed by atoms with Gasteiger partial charge in [-0.2, -0.15) is 5.10 Å². The Kier molecular flexibility index (Phi) is 5.05. The van der Waals surface area contributed by atoms with Gasteiger partial charge in [-0.25, -0.2) is 0 Å². The van der Waals surface area contributed by atoms with Crippen molar-refractivity contribution in [2.45, 2.75) is 31.6 Å². The van der Waals surface area contributed by atoms with Crippen LogP contribution in [0.25, 0.3) is 22.4 Å². The second kappa shape index (κ2) is 7.60. The molecule has 0 bridgehead atoms. The second-order valence-electron chi connectivity index (χ2n) is 7.06. The summed E-state index contributed by atoms with van der Waals surface area (Å²) in [7, 11) is 0. The molecule has 3 N–H and O–H groups in total. The van der Waals surface area contributed by atoms with Crippen LogP contribution in [-0.4, -0.2) is 21.7 Å². The molecule has 2 aromatic heterocycles. The average Bonchev–Trinajstić information content (AvgIpc) is 3.14. The number of benzene rings is 1. The van der Waals surface area contributed by atoms with E-state index < -0.39 is 0 Å². The van der Waals surface area contributed by atoms with E-state index in [1.165, 1.54) is 24.1 Å². The second-order valence-corrected chi connectivity index (χ2v) is 7.49. The largest absolute Gasteiger partial charge is 0.330 e. The zero-order valence-corrected chi connectivity index (χ0v) is 15.4. The fraction of sp³-hybridized carbons (Fsp3) is 0.333. The first-order valence-electron chi connectivity index (χ1n) is 9.21. The smallest absolute Gasteiger partial charge is 0.100 e. The molecule has 4 nitrogen and oxygen atoms in total. The van der Waals surface area contributed by atoms with E-state index in [-0.39, 0.29) is 0 Å². The summed E-state index contributed by atoms with van der Waals surface area (Å²) in [6.07, 6.45) is 8.36. The highest BCUT2D eigenvalue weighted by atomic mass is 35.5. The van der Waals surface area contributed by atoms with Gasteiger partial charge in [-0.05, 0) is 68.0 Å². The predicted molar refractivity (Wildman–Crippen MR) is 106 cm³/mol. The Morgan fingerprint density at radius 3 is 2.31 bits per heavy atom. The number of nitrogens with zero attached hydrogens (tertiary/aromatic N) is 2. The molecular formula is C21H23ClN4. The van der Waals surface area contributed by atoms with Crippen molar-refractivity contribution >= 4 is 11.6 Å². The van der Waals surface area contributed by atoms with Gasteiger partial charge in [0.15, 0.2) is 0 Å². The van der Waals surface area contributed by atoms with Gasteiger partial charge in [0, 0.05) is 40.2 Å². The number of aromatic nitrogens is 3. The molecular weight excluding hydrogens is 344 g/mol. The van der Waals surface area contributed by atoms with E-state index in [4.69, 9.17) is 22.4 Å². The van der Waals surface area contributed by atoms with Crippen molar-refractivity contribution in [2.75, 3.05) is 6.54 Å².